The third-order valence-electron chi connectivity index (χ3n) is 2.14. The fraction of sp³-hybridized carbons (Fsp3) is 0.778. The molecule has 0 aromatic carbocycles. The molecule has 5 heteroatoms. The summed E-state index contributed by atoms with van der Waals surface area (Å²) in [6, 6.07) is -0.134. The molecular weight excluding hydrogens is 222 g/mol. The van der Waals surface area contributed by atoms with E-state index in [-0.39, 0.29) is 17.9 Å². The van der Waals surface area contributed by atoms with Crippen LogP contribution in [0.5, 0.6) is 0 Å². The Hall–Kier alpha value is 0.260. The molecule has 1 aliphatic carbocycles. The van der Waals surface area contributed by atoms with Gasteiger partial charge in [0, 0.05) is 22.8 Å². The Balaban J connectivity index is 2.43. The van der Waals surface area contributed by atoms with Crippen LogP contribution in [-0.2, 0) is 11.4 Å². The Bertz CT molecular complexity index is 213. The Kier molecular flexibility index (Phi) is 5.26. The van der Waals surface area contributed by atoms with Gasteiger partial charge >= 0.3 is 0 Å². The van der Waals surface area contributed by atoms with Crippen LogP contribution in [0.25, 0.3) is 0 Å². The molecule has 0 saturated heterocycles. The minimum atomic E-state index is -1.13. The number of hydrogen-bond donors (Lipinski definition) is 2. The Morgan fingerprint density at radius 2 is 2.57 bits per heavy atom. The molecule has 82 valence electrons. The molecule has 0 aromatic heterocycles. The van der Waals surface area contributed by atoms with Crippen molar-refractivity contribution in [2.75, 3.05) is 6.61 Å². The van der Waals surface area contributed by atoms with Crippen LogP contribution in [0.3, 0.4) is 0 Å². The van der Waals surface area contributed by atoms with Crippen LogP contribution in [0.4, 0.5) is 0 Å². The van der Waals surface area contributed by atoms with Gasteiger partial charge in [0.05, 0.1) is 12.6 Å². The van der Waals surface area contributed by atoms with Gasteiger partial charge in [-0.3, -0.25) is 0 Å². The van der Waals surface area contributed by atoms with Crippen molar-refractivity contribution in [3.05, 3.63) is 11.1 Å². The fourth-order valence-electron chi connectivity index (χ4n) is 1.33. The van der Waals surface area contributed by atoms with Crippen LogP contribution in [-0.4, -0.2) is 27.6 Å². The lowest BCUT2D eigenvalue weighted by Gasteiger charge is -2.23. The van der Waals surface area contributed by atoms with E-state index in [1.54, 1.807) is 6.92 Å². The van der Waals surface area contributed by atoms with Crippen molar-refractivity contribution in [1.82, 2.24) is 4.72 Å². The van der Waals surface area contributed by atoms with Crippen molar-refractivity contribution >= 4 is 23.0 Å². The maximum atomic E-state index is 11.7. The number of aliphatic hydroxyl groups excluding tert-OH is 1. The Labute approximate surface area is 92.8 Å². The molecule has 0 heterocycles. The third-order valence-corrected chi connectivity index (χ3v) is 4.01. The van der Waals surface area contributed by atoms with Gasteiger partial charge in [0.2, 0.25) is 0 Å². The van der Waals surface area contributed by atoms with Gasteiger partial charge in [0.25, 0.3) is 0 Å². The average molecular weight is 238 g/mol. The van der Waals surface area contributed by atoms with Gasteiger partial charge in [0.1, 0.15) is 0 Å². The number of halogens is 1. The summed E-state index contributed by atoms with van der Waals surface area (Å²) in [5, 5.41) is 9.59. The highest BCUT2D eigenvalue weighted by Gasteiger charge is 2.25. The van der Waals surface area contributed by atoms with E-state index >= 15 is 0 Å². The lowest BCUT2D eigenvalue weighted by molar-refractivity contribution is 0.265. The zero-order valence-corrected chi connectivity index (χ0v) is 9.77. The maximum absolute atomic E-state index is 11.7. The Morgan fingerprint density at radius 3 is 3.14 bits per heavy atom. The first kappa shape index (κ1) is 12.3. The quantitative estimate of drug-likeness (QED) is 0.725. The van der Waals surface area contributed by atoms with Crippen molar-refractivity contribution < 1.29 is 9.66 Å². The second-order valence-electron chi connectivity index (χ2n) is 3.54. The molecule has 0 aromatic rings. The molecule has 14 heavy (non-hydrogen) atoms. The zero-order valence-electron chi connectivity index (χ0n) is 8.20. The van der Waals surface area contributed by atoms with Gasteiger partial charge in [-0.1, -0.05) is 11.6 Å². The van der Waals surface area contributed by atoms with Crippen LogP contribution in [0.2, 0.25) is 0 Å². The Morgan fingerprint density at radius 1 is 1.86 bits per heavy atom. The number of hydrogen-bond acceptors (Lipinski definition) is 3. The molecule has 3 nitrogen and oxygen atoms in total. The van der Waals surface area contributed by atoms with Gasteiger partial charge in [0.15, 0.2) is 5.25 Å². The SMILES string of the molecule is C[C@H](CO)N[S+]([O-])C1C=C(Cl)CCC1. The summed E-state index contributed by atoms with van der Waals surface area (Å²) in [4.78, 5) is 0. The van der Waals surface area contributed by atoms with Crippen molar-refractivity contribution in [2.45, 2.75) is 37.5 Å². The average Bonchev–Trinajstić information content (AvgIpc) is 2.17. The first-order valence-electron chi connectivity index (χ1n) is 4.77. The first-order chi connectivity index (χ1) is 6.63. The predicted octanol–water partition coefficient (Wildman–Crippen LogP) is 1.30. The lowest BCUT2D eigenvalue weighted by atomic mass is 10.1. The van der Waals surface area contributed by atoms with Crippen LogP contribution < -0.4 is 4.72 Å². The number of aliphatic hydroxyl groups is 1. The number of nitrogens with one attached hydrogen (secondary N) is 1. The van der Waals surface area contributed by atoms with Crippen molar-refractivity contribution in [1.29, 1.82) is 0 Å². The molecule has 3 atom stereocenters. The molecule has 1 aliphatic rings. The van der Waals surface area contributed by atoms with Crippen LogP contribution >= 0.6 is 11.6 Å². The second-order valence-corrected chi connectivity index (χ2v) is 5.46. The summed E-state index contributed by atoms with van der Waals surface area (Å²) >= 11 is 4.75. The number of allylic oxidation sites excluding steroid dienone is 1. The molecule has 1 rings (SSSR count). The van der Waals surface area contributed by atoms with E-state index < -0.39 is 11.4 Å². The summed E-state index contributed by atoms with van der Waals surface area (Å²) in [6.07, 6.45) is 4.64. The van der Waals surface area contributed by atoms with E-state index in [2.05, 4.69) is 4.72 Å². The first-order valence-corrected chi connectivity index (χ1v) is 6.36. The fourth-order valence-corrected chi connectivity index (χ4v) is 3.01. The minimum absolute atomic E-state index is 0.00406. The van der Waals surface area contributed by atoms with Crippen molar-refractivity contribution in [3.8, 4) is 0 Å². The van der Waals surface area contributed by atoms with Crippen LogP contribution in [0.1, 0.15) is 26.2 Å². The smallest absolute Gasteiger partial charge is 0.154 e. The van der Waals surface area contributed by atoms with Gasteiger partial charge in [-0.2, -0.15) is 0 Å². The summed E-state index contributed by atoms with van der Waals surface area (Å²) in [5.74, 6) is 0. The highest BCUT2D eigenvalue weighted by molar-refractivity contribution is 7.90. The van der Waals surface area contributed by atoms with Crippen LogP contribution in [0, 0.1) is 0 Å². The molecule has 0 fully saturated rings. The molecule has 0 radical (unpaired) electrons. The standard InChI is InChI=1S/C9H16ClNO2S/c1-7(6-12)11-14(13)9-4-2-3-8(10)5-9/h5,7,9,11-12H,2-4,6H2,1H3/t7-,9?,14?/m1/s1. The van der Waals surface area contributed by atoms with Crippen molar-refractivity contribution in [3.63, 3.8) is 0 Å². The molecular formula is C9H16ClNO2S. The predicted molar refractivity (Wildman–Crippen MR) is 59.4 cm³/mol. The van der Waals surface area contributed by atoms with Gasteiger partial charge in [-0.05, 0) is 25.8 Å². The molecule has 0 spiro atoms. The van der Waals surface area contributed by atoms with E-state index in [4.69, 9.17) is 16.7 Å². The van der Waals surface area contributed by atoms with E-state index in [0.29, 0.717) is 0 Å². The monoisotopic (exact) mass is 237 g/mol. The topological polar surface area (TPSA) is 55.3 Å². The number of rotatable bonds is 4. The normalized spacial score (nSPS) is 26.9. The van der Waals surface area contributed by atoms with Crippen LogP contribution in [0.15, 0.2) is 11.1 Å². The summed E-state index contributed by atoms with van der Waals surface area (Å²) < 4.78 is 14.5. The van der Waals surface area contributed by atoms with E-state index in [9.17, 15) is 4.55 Å². The third kappa shape index (κ3) is 3.79. The highest BCUT2D eigenvalue weighted by Crippen LogP contribution is 2.24. The van der Waals surface area contributed by atoms with Gasteiger partial charge < -0.3 is 9.66 Å². The largest absolute Gasteiger partial charge is 0.598 e. The minimum Gasteiger partial charge on any atom is -0.598 e. The molecule has 2 N–H and O–H groups in total. The molecule has 0 saturated carbocycles. The highest BCUT2D eigenvalue weighted by atomic mass is 35.5. The van der Waals surface area contributed by atoms with Crippen molar-refractivity contribution in [2.24, 2.45) is 0 Å². The zero-order chi connectivity index (χ0) is 10.6. The van der Waals surface area contributed by atoms with E-state index in [0.717, 1.165) is 24.3 Å². The lowest BCUT2D eigenvalue weighted by Crippen LogP contribution is -2.41. The molecule has 0 bridgehead atoms. The second kappa shape index (κ2) is 5.98. The van der Waals surface area contributed by atoms with Gasteiger partial charge in [-0.25, -0.2) is 0 Å². The molecule has 0 aliphatic heterocycles. The summed E-state index contributed by atoms with van der Waals surface area (Å²) in [7, 11) is 0. The van der Waals surface area contributed by atoms with E-state index in [1.807, 2.05) is 6.08 Å². The van der Waals surface area contributed by atoms with E-state index in [1.165, 1.54) is 0 Å². The maximum Gasteiger partial charge on any atom is 0.154 e. The summed E-state index contributed by atoms with van der Waals surface area (Å²) in [6.45, 7) is 1.79. The molecule has 0 amide bonds. The van der Waals surface area contributed by atoms with Gasteiger partial charge in [-0.15, -0.1) is 4.72 Å². The molecule has 2 unspecified atom stereocenters. The summed E-state index contributed by atoms with van der Waals surface area (Å²) in [5.41, 5.74) is 0.